The van der Waals surface area contributed by atoms with Crippen LogP contribution in [0.25, 0.3) is 16.4 Å². The molecule has 0 atom stereocenters. The Balaban J connectivity index is 1.58. The predicted octanol–water partition coefficient (Wildman–Crippen LogP) is 4.55. The Morgan fingerprint density at radius 2 is 1.80 bits per heavy atom. The summed E-state index contributed by atoms with van der Waals surface area (Å²) in [5.41, 5.74) is 6.74. The number of aryl methyl sites for hydroxylation is 3. The largest absolute Gasteiger partial charge is 0.347 e. The number of hydrogen-bond acceptors (Lipinski definition) is 5. The second-order valence-electron chi connectivity index (χ2n) is 7.31. The van der Waals surface area contributed by atoms with Crippen LogP contribution >= 0.6 is 11.3 Å². The van der Waals surface area contributed by atoms with Crippen LogP contribution in [0.5, 0.6) is 0 Å². The summed E-state index contributed by atoms with van der Waals surface area (Å²) in [6, 6.07) is 16.0. The molecule has 0 spiro atoms. The van der Waals surface area contributed by atoms with Gasteiger partial charge in [-0.15, -0.1) is 16.4 Å². The minimum atomic E-state index is -0.126. The van der Waals surface area contributed by atoms with E-state index in [2.05, 4.69) is 46.6 Å². The van der Waals surface area contributed by atoms with Crippen LogP contribution in [0.3, 0.4) is 0 Å². The van der Waals surface area contributed by atoms with Gasteiger partial charge >= 0.3 is 0 Å². The number of carbonyl (C=O) groups excluding carboxylic acids is 1. The molecule has 4 rings (SSSR count). The third kappa shape index (κ3) is 3.89. The van der Waals surface area contributed by atoms with Crippen LogP contribution in [0.4, 0.5) is 0 Å². The number of benzene rings is 2. The highest BCUT2D eigenvalue weighted by Crippen LogP contribution is 2.29. The molecule has 0 fully saturated rings. The Labute approximate surface area is 179 Å². The molecule has 0 aliphatic carbocycles. The molecule has 2 aromatic heterocycles. The van der Waals surface area contributed by atoms with Gasteiger partial charge in [0.05, 0.1) is 17.1 Å². The summed E-state index contributed by atoms with van der Waals surface area (Å²) < 4.78 is 1.81. The van der Waals surface area contributed by atoms with Crippen molar-refractivity contribution in [2.45, 2.75) is 34.2 Å². The standard InChI is InChI=1S/C23H23N5OS/c1-14-10-11-19(12-15(14)2)28-17(4)20(26-27-28)23-25-16(3)21(30-23)22(29)24-13-18-8-6-5-7-9-18/h5-12H,13H2,1-4H3,(H,24,29). The van der Waals surface area contributed by atoms with E-state index < -0.39 is 0 Å². The van der Waals surface area contributed by atoms with Crippen LogP contribution in [0.15, 0.2) is 48.5 Å². The van der Waals surface area contributed by atoms with Crippen LogP contribution in [0, 0.1) is 27.7 Å². The fraction of sp³-hybridized carbons (Fsp3) is 0.217. The fourth-order valence-corrected chi connectivity index (χ4v) is 4.22. The van der Waals surface area contributed by atoms with Gasteiger partial charge in [-0.25, -0.2) is 9.67 Å². The lowest BCUT2D eigenvalue weighted by Crippen LogP contribution is -2.22. The molecular weight excluding hydrogens is 394 g/mol. The first-order valence-corrected chi connectivity index (χ1v) is 10.6. The van der Waals surface area contributed by atoms with Crippen molar-refractivity contribution in [3.63, 3.8) is 0 Å². The Bertz CT molecular complexity index is 1210. The monoisotopic (exact) mass is 417 g/mol. The molecule has 2 aromatic carbocycles. The van der Waals surface area contributed by atoms with Gasteiger partial charge < -0.3 is 5.32 Å². The molecule has 152 valence electrons. The molecule has 0 bridgehead atoms. The van der Waals surface area contributed by atoms with Gasteiger partial charge in [0.1, 0.15) is 15.6 Å². The molecule has 1 amide bonds. The smallest absolute Gasteiger partial charge is 0.263 e. The molecule has 4 aromatic rings. The van der Waals surface area contributed by atoms with Gasteiger partial charge in [0.25, 0.3) is 5.91 Å². The first-order valence-electron chi connectivity index (χ1n) is 9.74. The SMILES string of the molecule is Cc1ccc(-n2nnc(-c3nc(C)c(C(=O)NCc4ccccc4)s3)c2C)cc1C. The maximum absolute atomic E-state index is 12.7. The van der Waals surface area contributed by atoms with E-state index in [1.54, 1.807) is 0 Å². The lowest BCUT2D eigenvalue weighted by Gasteiger charge is -2.06. The van der Waals surface area contributed by atoms with Gasteiger partial charge in [-0.3, -0.25) is 4.79 Å². The Kier molecular flexibility index (Phi) is 5.46. The number of thiazole rings is 1. The fourth-order valence-electron chi connectivity index (χ4n) is 3.20. The molecule has 6 nitrogen and oxygen atoms in total. The molecule has 0 aliphatic rings. The number of amides is 1. The molecule has 1 N–H and O–H groups in total. The van der Waals surface area contributed by atoms with Crippen molar-refractivity contribution < 1.29 is 4.79 Å². The van der Waals surface area contributed by atoms with Crippen molar-refractivity contribution in [1.82, 2.24) is 25.3 Å². The van der Waals surface area contributed by atoms with Gasteiger partial charge in [-0.2, -0.15) is 0 Å². The zero-order valence-electron chi connectivity index (χ0n) is 17.4. The number of nitrogens with one attached hydrogen (secondary N) is 1. The summed E-state index contributed by atoms with van der Waals surface area (Å²) in [4.78, 5) is 17.9. The van der Waals surface area contributed by atoms with Gasteiger partial charge in [0.2, 0.25) is 0 Å². The van der Waals surface area contributed by atoms with Crippen molar-refractivity contribution >= 4 is 17.2 Å². The van der Waals surface area contributed by atoms with Crippen LogP contribution in [0.1, 0.15) is 37.7 Å². The molecule has 0 unspecified atom stereocenters. The van der Waals surface area contributed by atoms with Crippen molar-refractivity contribution in [3.05, 3.63) is 81.5 Å². The molecule has 30 heavy (non-hydrogen) atoms. The van der Waals surface area contributed by atoms with Gasteiger partial charge in [0, 0.05) is 6.54 Å². The molecule has 0 saturated carbocycles. The van der Waals surface area contributed by atoms with Crippen LogP contribution in [0.2, 0.25) is 0 Å². The molecule has 0 aliphatic heterocycles. The number of carbonyl (C=O) groups is 1. The molecule has 0 radical (unpaired) electrons. The van der Waals surface area contributed by atoms with Crippen LogP contribution in [-0.2, 0) is 6.54 Å². The Hall–Kier alpha value is -3.32. The van der Waals surface area contributed by atoms with E-state index in [9.17, 15) is 4.79 Å². The van der Waals surface area contributed by atoms with Gasteiger partial charge in [0.15, 0.2) is 0 Å². The van der Waals surface area contributed by atoms with E-state index in [0.29, 0.717) is 27.8 Å². The molecule has 2 heterocycles. The minimum Gasteiger partial charge on any atom is -0.347 e. The van der Waals surface area contributed by atoms with E-state index >= 15 is 0 Å². The summed E-state index contributed by atoms with van der Waals surface area (Å²) in [5, 5.41) is 12.3. The summed E-state index contributed by atoms with van der Waals surface area (Å²) >= 11 is 1.35. The third-order valence-electron chi connectivity index (χ3n) is 5.13. The number of rotatable bonds is 5. The van der Waals surface area contributed by atoms with E-state index in [4.69, 9.17) is 0 Å². The van der Waals surface area contributed by atoms with E-state index in [0.717, 1.165) is 16.9 Å². The summed E-state index contributed by atoms with van der Waals surface area (Å²) in [7, 11) is 0. The minimum absolute atomic E-state index is 0.126. The van der Waals surface area contributed by atoms with Crippen molar-refractivity contribution in [2.24, 2.45) is 0 Å². The Morgan fingerprint density at radius 3 is 2.53 bits per heavy atom. The van der Waals surface area contributed by atoms with Crippen LogP contribution < -0.4 is 5.32 Å². The molecular formula is C23H23N5OS. The normalized spacial score (nSPS) is 10.9. The zero-order valence-corrected chi connectivity index (χ0v) is 18.2. The average molecular weight is 418 g/mol. The van der Waals surface area contributed by atoms with E-state index in [1.165, 1.54) is 22.5 Å². The number of hydrogen-bond donors (Lipinski definition) is 1. The maximum Gasteiger partial charge on any atom is 0.263 e. The summed E-state index contributed by atoms with van der Waals surface area (Å²) in [6.45, 7) is 8.46. The number of aromatic nitrogens is 4. The van der Waals surface area contributed by atoms with E-state index in [1.807, 2.05) is 54.9 Å². The maximum atomic E-state index is 12.7. The lowest BCUT2D eigenvalue weighted by atomic mass is 10.1. The van der Waals surface area contributed by atoms with Crippen molar-refractivity contribution in [1.29, 1.82) is 0 Å². The lowest BCUT2D eigenvalue weighted by molar-refractivity contribution is 0.0954. The quantitative estimate of drug-likeness (QED) is 0.517. The molecule has 7 heteroatoms. The van der Waals surface area contributed by atoms with Crippen molar-refractivity contribution in [3.8, 4) is 16.4 Å². The summed E-state index contributed by atoms with van der Waals surface area (Å²) in [5.74, 6) is -0.126. The summed E-state index contributed by atoms with van der Waals surface area (Å²) in [6.07, 6.45) is 0. The number of nitrogens with zero attached hydrogens (tertiary/aromatic N) is 4. The second kappa shape index (κ2) is 8.20. The third-order valence-corrected chi connectivity index (χ3v) is 6.29. The first-order chi connectivity index (χ1) is 14.4. The van der Waals surface area contributed by atoms with Crippen LogP contribution in [-0.4, -0.2) is 25.9 Å². The molecule has 0 saturated heterocycles. The average Bonchev–Trinajstić information content (AvgIpc) is 3.31. The van der Waals surface area contributed by atoms with Crippen molar-refractivity contribution in [2.75, 3.05) is 0 Å². The topological polar surface area (TPSA) is 72.7 Å². The predicted molar refractivity (Wildman–Crippen MR) is 119 cm³/mol. The highest BCUT2D eigenvalue weighted by atomic mass is 32.1. The van der Waals surface area contributed by atoms with Gasteiger partial charge in [-0.05, 0) is 56.5 Å². The Morgan fingerprint density at radius 1 is 1.03 bits per heavy atom. The van der Waals surface area contributed by atoms with Gasteiger partial charge in [-0.1, -0.05) is 41.6 Å². The highest BCUT2D eigenvalue weighted by Gasteiger charge is 2.20. The first kappa shape index (κ1) is 20.0. The second-order valence-corrected chi connectivity index (χ2v) is 8.30. The van der Waals surface area contributed by atoms with E-state index in [-0.39, 0.29) is 5.91 Å². The zero-order chi connectivity index (χ0) is 21.3. The highest BCUT2D eigenvalue weighted by molar-refractivity contribution is 7.17.